The van der Waals surface area contributed by atoms with Gasteiger partial charge >= 0.3 is 6.18 Å². The van der Waals surface area contributed by atoms with Crippen LogP contribution in [0.2, 0.25) is 0 Å². The van der Waals surface area contributed by atoms with E-state index in [1.54, 1.807) is 0 Å². The van der Waals surface area contributed by atoms with Crippen LogP contribution in [0, 0.1) is 0 Å². The van der Waals surface area contributed by atoms with Gasteiger partial charge in [-0.15, -0.1) is 0 Å². The number of nitrogens with zero attached hydrogens (tertiary/aromatic N) is 1. The fourth-order valence-electron chi connectivity index (χ4n) is 2.22. The first-order chi connectivity index (χ1) is 8.43. The predicted octanol–water partition coefficient (Wildman–Crippen LogP) is 2.49. The van der Waals surface area contributed by atoms with Gasteiger partial charge in [-0.3, -0.25) is 4.98 Å². The SMILES string of the molecule is OC1(c2cnccc2C(F)(F)F)CCCOCC1. The number of hydrogen-bond acceptors (Lipinski definition) is 3. The Kier molecular flexibility index (Phi) is 3.59. The lowest BCUT2D eigenvalue weighted by Crippen LogP contribution is -2.29. The molecule has 0 spiro atoms. The van der Waals surface area contributed by atoms with Crippen LogP contribution in [0.4, 0.5) is 13.2 Å². The van der Waals surface area contributed by atoms with Crippen LogP contribution in [0.25, 0.3) is 0 Å². The molecule has 2 rings (SSSR count). The smallest absolute Gasteiger partial charge is 0.385 e. The second-order valence-corrected chi connectivity index (χ2v) is 4.42. The molecule has 0 radical (unpaired) electrons. The Labute approximate surface area is 103 Å². The highest BCUT2D eigenvalue weighted by atomic mass is 19.4. The lowest BCUT2D eigenvalue weighted by molar-refractivity contribution is -0.141. The van der Waals surface area contributed by atoms with Gasteiger partial charge in [-0.05, 0) is 18.9 Å². The fourth-order valence-corrected chi connectivity index (χ4v) is 2.22. The molecule has 0 amide bonds. The van der Waals surface area contributed by atoms with E-state index >= 15 is 0 Å². The van der Waals surface area contributed by atoms with E-state index in [9.17, 15) is 18.3 Å². The van der Waals surface area contributed by atoms with E-state index in [1.807, 2.05) is 0 Å². The number of alkyl halides is 3. The molecule has 1 aromatic rings. The monoisotopic (exact) mass is 261 g/mol. The van der Waals surface area contributed by atoms with E-state index in [-0.39, 0.29) is 25.0 Å². The van der Waals surface area contributed by atoms with Gasteiger partial charge in [0.2, 0.25) is 0 Å². The molecular weight excluding hydrogens is 247 g/mol. The molecule has 1 fully saturated rings. The molecule has 0 saturated carbocycles. The van der Waals surface area contributed by atoms with Crippen molar-refractivity contribution in [3.05, 3.63) is 29.6 Å². The molecule has 1 atom stereocenters. The molecule has 1 aliphatic rings. The summed E-state index contributed by atoms with van der Waals surface area (Å²) in [5.41, 5.74) is -2.47. The zero-order valence-corrected chi connectivity index (χ0v) is 9.70. The first-order valence-corrected chi connectivity index (χ1v) is 5.75. The maximum absolute atomic E-state index is 12.9. The zero-order valence-electron chi connectivity index (χ0n) is 9.70. The second-order valence-electron chi connectivity index (χ2n) is 4.42. The molecule has 1 N–H and O–H groups in total. The molecule has 6 heteroatoms. The summed E-state index contributed by atoms with van der Waals surface area (Å²) in [5.74, 6) is 0. The summed E-state index contributed by atoms with van der Waals surface area (Å²) < 4.78 is 43.9. The van der Waals surface area contributed by atoms with Gasteiger partial charge in [0.15, 0.2) is 0 Å². The van der Waals surface area contributed by atoms with Crippen molar-refractivity contribution >= 4 is 0 Å². The van der Waals surface area contributed by atoms with Crippen LogP contribution in [0.5, 0.6) is 0 Å². The minimum atomic E-state index is -4.48. The van der Waals surface area contributed by atoms with Crippen LogP contribution in [-0.2, 0) is 16.5 Å². The van der Waals surface area contributed by atoms with Crippen LogP contribution >= 0.6 is 0 Å². The number of aromatic nitrogens is 1. The quantitative estimate of drug-likeness (QED) is 0.844. The molecule has 100 valence electrons. The zero-order chi connectivity index (χ0) is 13.2. The van der Waals surface area contributed by atoms with Gasteiger partial charge in [-0.2, -0.15) is 13.2 Å². The van der Waals surface area contributed by atoms with E-state index < -0.39 is 17.3 Å². The normalized spacial score (nSPS) is 25.8. The van der Waals surface area contributed by atoms with Crippen molar-refractivity contribution in [2.45, 2.75) is 31.0 Å². The topological polar surface area (TPSA) is 42.4 Å². The summed E-state index contributed by atoms with van der Waals surface area (Å²) in [4.78, 5) is 3.71. The predicted molar refractivity (Wildman–Crippen MR) is 57.8 cm³/mol. The summed E-state index contributed by atoms with van der Waals surface area (Å²) in [6.45, 7) is 0.715. The number of ether oxygens (including phenoxy) is 1. The van der Waals surface area contributed by atoms with Crippen molar-refractivity contribution < 1.29 is 23.0 Å². The standard InChI is InChI=1S/C12H14F3NO2/c13-12(14,15)9-2-5-16-8-10(9)11(17)3-1-6-18-7-4-11/h2,5,8,17H,1,3-4,6-7H2. The molecule has 18 heavy (non-hydrogen) atoms. The molecular formula is C12H14F3NO2. The lowest BCUT2D eigenvalue weighted by Gasteiger charge is -2.28. The Bertz CT molecular complexity index is 412. The first kappa shape index (κ1) is 13.3. The van der Waals surface area contributed by atoms with Crippen molar-refractivity contribution in [2.24, 2.45) is 0 Å². The molecule has 0 aromatic carbocycles. The lowest BCUT2D eigenvalue weighted by atomic mass is 9.85. The number of halogens is 3. The molecule has 1 saturated heterocycles. The first-order valence-electron chi connectivity index (χ1n) is 5.75. The number of rotatable bonds is 1. The van der Waals surface area contributed by atoms with E-state index in [0.717, 1.165) is 18.5 Å². The average Bonchev–Trinajstić information content (AvgIpc) is 2.54. The Morgan fingerprint density at radius 3 is 2.78 bits per heavy atom. The van der Waals surface area contributed by atoms with Gasteiger partial charge in [0.1, 0.15) is 0 Å². The van der Waals surface area contributed by atoms with Crippen LogP contribution in [0.1, 0.15) is 30.4 Å². The maximum atomic E-state index is 12.9. The Morgan fingerprint density at radius 1 is 1.28 bits per heavy atom. The molecule has 1 aromatic heterocycles. The highest BCUT2D eigenvalue weighted by Crippen LogP contribution is 2.40. The molecule has 0 aliphatic carbocycles. The molecule has 1 aliphatic heterocycles. The Hall–Kier alpha value is -1.14. The summed E-state index contributed by atoms with van der Waals surface area (Å²) in [6.07, 6.45) is -1.36. The fraction of sp³-hybridized carbons (Fsp3) is 0.583. The number of aliphatic hydroxyl groups is 1. The van der Waals surface area contributed by atoms with Gasteiger partial charge in [-0.25, -0.2) is 0 Å². The third kappa shape index (κ3) is 2.64. The van der Waals surface area contributed by atoms with Crippen molar-refractivity contribution in [1.82, 2.24) is 4.98 Å². The largest absolute Gasteiger partial charge is 0.416 e. The maximum Gasteiger partial charge on any atom is 0.416 e. The van der Waals surface area contributed by atoms with E-state index in [4.69, 9.17) is 4.74 Å². The third-order valence-corrected chi connectivity index (χ3v) is 3.17. The van der Waals surface area contributed by atoms with Gasteiger partial charge in [0.05, 0.1) is 11.2 Å². The molecule has 3 nitrogen and oxygen atoms in total. The Balaban J connectivity index is 2.43. The summed E-state index contributed by atoms with van der Waals surface area (Å²) in [5, 5.41) is 10.4. The average molecular weight is 261 g/mol. The van der Waals surface area contributed by atoms with Crippen LogP contribution < -0.4 is 0 Å². The Morgan fingerprint density at radius 2 is 2.06 bits per heavy atom. The van der Waals surface area contributed by atoms with Crippen molar-refractivity contribution in [3.8, 4) is 0 Å². The number of pyridine rings is 1. The van der Waals surface area contributed by atoms with Crippen LogP contribution in [0.15, 0.2) is 18.5 Å². The number of hydrogen-bond donors (Lipinski definition) is 1. The highest BCUT2D eigenvalue weighted by molar-refractivity contribution is 5.31. The summed E-state index contributed by atoms with van der Waals surface area (Å²) >= 11 is 0. The van der Waals surface area contributed by atoms with Crippen LogP contribution in [-0.4, -0.2) is 23.3 Å². The van der Waals surface area contributed by atoms with Crippen LogP contribution in [0.3, 0.4) is 0 Å². The van der Waals surface area contributed by atoms with Gasteiger partial charge in [0.25, 0.3) is 0 Å². The van der Waals surface area contributed by atoms with E-state index in [2.05, 4.69) is 4.98 Å². The molecule has 0 bridgehead atoms. The van der Waals surface area contributed by atoms with Gasteiger partial charge in [0, 0.05) is 37.6 Å². The van der Waals surface area contributed by atoms with Gasteiger partial charge < -0.3 is 9.84 Å². The minimum Gasteiger partial charge on any atom is -0.385 e. The van der Waals surface area contributed by atoms with E-state index in [0.29, 0.717) is 13.0 Å². The minimum absolute atomic E-state index is 0.150. The summed E-state index contributed by atoms with van der Waals surface area (Å²) in [7, 11) is 0. The van der Waals surface area contributed by atoms with E-state index in [1.165, 1.54) is 0 Å². The highest BCUT2D eigenvalue weighted by Gasteiger charge is 2.41. The second kappa shape index (κ2) is 4.85. The molecule has 2 heterocycles. The van der Waals surface area contributed by atoms with Gasteiger partial charge in [-0.1, -0.05) is 0 Å². The molecule has 1 unspecified atom stereocenters. The van der Waals surface area contributed by atoms with Crippen molar-refractivity contribution in [3.63, 3.8) is 0 Å². The van der Waals surface area contributed by atoms with Crippen molar-refractivity contribution in [1.29, 1.82) is 0 Å². The third-order valence-electron chi connectivity index (χ3n) is 3.17. The summed E-state index contributed by atoms with van der Waals surface area (Å²) in [6, 6.07) is 0.902. The van der Waals surface area contributed by atoms with Crippen molar-refractivity contribution in [2.75, 3.05) is 13.2 Å².